The second-order valence-corrected chi connectivity index (χ2v) is 6.71. The maximum absolute atomic E-state index is 6.01. The largest absolute Gasteiger partial charge is 0.377 e. The molecule has 19 heavy (non-hydrogen) atoms. The SMILES string of the molecule is CCSc1cccc(N2CCOCC2(C)C)c1CN. The molecule has 1 heterocycles. The standard InChI is InChI=1S/C15H24N2OS/c1-4-19-14-7-5-6-13(12(14)10-16)17-8-9-18-11-15(17,2)3/h5-7H,4,8-11,16H2,1-3H3. The summed E-state index contributed by atoms with van der Waals surface area (Å²) in [6, 6.07) is 6.50. The lowest BCUT2D eigenvalue weighted by Crippen LogP contribution is -2.53. The van der Waals surface area contributed by atoms with Crippen molar-refractivity contribution in [2.24, 2.45) is 5.73 Å². The zero-order valence-electron chi connectivity index (χ0n) is 12.1. The Morgan fingerprint density at radius 1 is 1.42 bits per heavy atom. The van der Waals surface area contributed by atoms with E-state index in [2.05, 4.69) is 43.9 Å². The van der Waals surface area contributed by atoms with Crippen molar-refractivity contribution in [3.8, 4) is 0 Å². The smallest absolute Gasteiger partial charge is 0.0694 e. The summed E-state index contributed by atoms with van der Waals surface area (Å²) in [7, 11) is 0. The Morgan fingerprint density at radius 2 is 2.21 bits per heavy atom. The van der Waals surface area contributed by atoms with Crippen molar-refractivity contribution < 1.29 is 4.74 Å². The van der Waals surface area contributed by atoms with Crippen LogP contribution >= 0.6 is 11.8 Å². The van der Waals surface area contributed by atoms with E-state index in [1.165, 1.54) is 16.1 Å². The summed E-state index contributed by atoms with van der Waals surface area (Å²) in [6.07, 6.45) is 0. The lowest BCUT2D eigenvalue weighted by molar-refractivity contribution is 0.0643. The number of anilines is 1. The van der Waals surface area contributed by atoms with Crippen LogP contribution in [0.15, 0.2) is 23.1 Å². The van der Waals surface area contributed by atoms with E-state index >= 15 is 0 Å². The third-order valence-electron chi connectivity index (χ3n) is 3.55. The van der Waals surface area contributed by atoms with Crippen LogP contribution in [0.3, 0.4) is 0 Å². The number of hydrogen-bond donors (Lipinski definition) is 1. The molecule has 0 amide bonds. The van der Waals surface area contributed by atoms with Crippen LogP contribution in [0.1, 0.15) is 26.3 Å². The van der Waals surface area contributed by atoms with Gasteiger partial charge in [0, 0.05) is 29.2 Å². The molecule has 0 radical (unpaired) electrons. The van der Waals surface area contributed by atoms with Crippen molar-refractivity contribution in [3.05, 3.63) is 23.8 Å². The molecular formula is C15H24N2OS. The number of hydrogen-bond acceptors (Lipinski definition) is 4. The molecule has 1 aromatic carbocycles. The Balaban J connectivity index is 2.40. The van der Waals surface area contributed by atoms with E-state index in [9.17, 15) is 0 Å². The van der Waals surface area contributed by atoms with Crippen molar-refractivity contribution in [2.75, 3.05) is 30.4 Å². The van der Waals surface area contributed by atoms with Crippen molar-refractivity contribution >= 4 is 17.4 Å². The van der Waals surface area contributed by atoms with Gasteiger partial charge in [0.25, 0.3) is 0 Å². The minimum atomic E-state index is 0.0255. The number of thioether (sulfide) groups is 1. The normalized spacial score (nSPS) is 18.6. The first-order valence-corrected chi connectivity index (χ1v) is 7.89. The van der Waals surface area contributed by atoms with E-state index in [1.807, 2.05) is 11.8 Å². The van der Waals surface area contributed by atoms with Crippen molar-refractivity contribution in [2.45, 2.75) is 37.8 Å². The van der Waals surface area contributed by atoms with Gasteiger partial charge in [0.1, 0.15) is 0 Å². The molecule has 1 saturated heterocycles. The Kier molecular flexibility index (Phi) is 4.76. The molecule has 0 spiro atoms. The van der Waals surface area contributed by atoms with E-state index < -0.39 is 0 Å². The molecule has 1 fully saturated rings. The Labute approximate surface area is 120 Å². The molecule has 1 aliphatic rings. The predicted molar refractivity (Wildman–Crippen MR) is 83.0 cm³/mol. The van der Waals surface area contributed by atoms with Crippen LogP contribution in [0.2, 0.25) is 0 Å². The fourth-order valence-electron chi connectivity index (χ4n) is 2.61. The van der Waals surface area contributed by atoms with Gasteiger partial charge in [0.05, 0.1) is 18.8 Å². The second-order valence-electron chi connectivity index (χ2n) is 5.41. The van der Waals surface area contributed by atoms with Crippen LogP contribution in [-0.2, 0) is 11.3 Å². The minimum Gasteiger partial charge on any atom is -0.377 e. The first-order chi connectivity index (χ1) is 9.10. The van der Waals surface area contributed by atoms with Crippen LogP contribution in [-0.4, -0.2) is 31.1 Å². The van der Waals surface area contributed by atoms with Gasteiger partial charge in [-0.3, -0.25) is 0 Å². The predicted octanol–water partition coefficient (Wildman–Crippen LogP) is 2.87. The number of nitrogens with zero attached hydrogens (tertiary/aromatic N) is 1. The van der Waals surface area contributed by atoms with Gasteiger partial charge in [0.2, 0.25) is 0 Å². The zero-order chi connectivity index (χ0) is 13.9. The van der Waals surface area contributed by atoms with Crippen LogP contribution in [0.4, 0.5) is 5.69 Å². The summed E-state index contributed by atoms with van der Waals surface area (Å²) >= 11 is 1.87. The molecule has 0 aliphatic carbocycles. The van der Waals surface area contributed by atoms with Crippen molar-refractivity contribution in [1.82, 2.24) is 0 Å². The fourth-order valence-corrected chi connectivity index (χ4v) is 3.46. The van der Waals surface area contributed by atoms with Crippen LogP contribution in [0.25, 0.3) is 0 Å². The maximum Gasteiger partial charge on any atom is 0.0694 e. The van der Waals surface area contributed by atoms with Gasteiger partial charge in [-0.2, -0.15) is 0 Å². The summed E-state index contributed by atoms with van der Waals surface area (Å²) in [5, 5.41) is 0. The van der Waals surface area contributed by atoms with Crippen molar-refractivity contribution in [3.63, 3.8) is 0 Å². The van der Waals surface area contributed by atoms with E-state index in [-0.39, 0.29) is 5.54 Å². The summed E-state index contributed by atoms with van der Waals surface area (Å²) in [4.78, 5) is 3.75. The summed E-state index contributed by atoms with van der Waals surface area (Å²) in [5.74, 6) is 1.07. The van der Waals surface area contributed by atoms with Gasteiger partial charge in [0.15, 0.2) is 0 Å². The Morgan fingerprint density at radius 3 is 2.84 bits per heavy atom. The zero-order valence-corrected chi connectivity index (χ0v) is 12.9. The lowest BCUT2D eigenvalue weighted by Gasteiger charge is -2.44. The molecule has 1 aromatic rings. The molecular weight excluding hydrogens is 256 g/mol. The average Bonchev–Trinajstić information content (AvgIpc) is 2.38. The number of nitrogens with two attached hydrogens (primary N) is 1. The van der Waals surface area contributed by atoms with Gasteiger partial charge in [-0.05, 0) is 31.7 Å². The fraction of sp³-hybridized carbons (Fsp3) is 0.600. The van der Waals surface area contributed by atoms with Gasteiger partial charge >= 0.3 is 0 Å². The molecule has 0 atom stereocenters. The van der Waals surface area contributed by atoms with Gasteiger partial charge in [-0.1, -0.05) is 13.0 Å². The highest BCUT2D eigenvalue weighted by molar-refractivity contribution is 7.99. The molecule has 1 aliphatic heterocycles. The monoisotopic (exact) mass is 280 g/mol. The number of benzene rings is 1. The number of rotatable bonds is 4. The maximum atomic E-state index is 6.01. The van der Waals surface area contributed by atoms with E-state index in [0.29, 0.717) is 6.54 Å². The summed E-state index contributed by atoms with van der Waals surface area (Å²) in [5.41, 5.74) is 8.57. The van der Waals surface area contributed by atoms with E-state index in [1.54, 1.807) is 0 Å². The lowest BCUT2D eigenvalue weighted by atomic mass is 9.99. The molecule has 2 rings (SSSR count). The van der Waals surface area contributed by atoms with E-state index in [0.717, 1.165) is 25.5 Å². The third kappa shape index (κ3) is 3.07. The summed E-state index contributed by atoms with van der Waals surface area (Å²) < 4.78 is 5.61. The molecule has 3 nitrogen and oxygen atoms in total. The average molecular weight is 280 g/mol. The first-order valence-electron chi connectivity index (χ1n) is 6.90. The van der Waals surface area contributed by atoms with Gasteiger partial charge in [-0.15, -0.1) is 11.8 Å². The number of morpholine rings is 1. The van der Waals surface area contributed by atoms with Gasteiger partial charge < -0.3 is 15.4 Å². The van der Waals surface area contributed by atoms with Crippen molar-refractivity contribution in [1.29, 1.82) is 0 Å². The first kappa shape index (κ1) is 14.7. The highest BCUT2D eigenvalue weighted by Gasteiger charge is 2.32. The highest BCUT2D eigenvalue weighted by atomic mass is 32.2. The van der Waals surface area contributed by atoms with Crippen LogP contribution in [0.5, 0.6) is 0 Å². The minimum absolute atomic E-state index is 0.0255. The molecule has 4 heteroatoms. The topological polar surface area (TPSA) is 38.5 Å². The molecule has 0 aromatic heterocycles. The molecule has 106 valence electrons. The third-order valence-corrected chi connectivity index (χ3v) is 4.53. The Bertz CT molecular complexity index is 434. The number of ether oxygens (including phenoxy) is 1. The quantitative estimate of drug-likeness (QED) is 0.861. The van der Waals surface area contributed by atoms with Crippen LogP contribution < -0.4 is 10.6 Å². The highest BCUT2D eigenvalue weighted by Crippen LogP contribution is 2.35. The molecule has 0 bridgehead atoms. The molecule has 0 saturated carbocycles. The summed E-state index contributed by atoms with van der Waals surface area (Å²) in [6.45, 7) is 9.71. The molecule has 2 N–H and O–H groups in total. The van der Waals surface area contributed by atoms with Crippen LogP contribution in [0, 0.1) is 0 Å². The Hall–Kier alpha value is -0.710. The molecule has 0 unspecified atom stereocenters. The van der Waals surface area contributed by atoms with E-state index in [4.69, 9.17) is 10.5 Å². The van der Waals surface area contributed by atoms with Gasteiger partial charge in [-0.25, -0.2) is 0 Å². The second kappa shape index (κ2) is 6.16.